The zero-order valence-electron chi connectivity index (χ0n) is 11.6. The summed E-state index contributed by atoms with van der Waals surface area (Å²) >= 11 is 0. The minimum Gasteiger partial charge on any atom is -0.508 e. The summed E-state index contributed by atoms with van der Waals surface area (Å²) < 4.78 is 0. The summed E-state index contributed by atoms with van der Waals surface area (Å²) in [6.45, 7) is 0. The lowest BCUT2D eigenvalue weighted by Crippen LogP contribution is -2.09. The van der Waals surface area contributed by atoms with Crippen molar-refractivity contribution in [2.24, 2.45) is 5.18 Å². The summed E-state index contributed by atoms with van der Waals surface area (Å²) in [6, 6.07) is 12.6. The first kappa shape index (κ1) is 13.9. The van der Waals surface area contributed by atoms with Crippen molar-refractivity contribution in [3.05, 3.63) is 69.0 Å². The van der Waals surface area contributed by atoms with E-state index in [4.69, 9.17) is 0 Å². The lowest BCUT2D eigenvalue weighted by molar-refractivity contribution is 0.476. The molecular weight excluding hydrogens is 282 g/mol. The number of phenolic OH excluding ortho intramolecular Hbond substituents is 1. The van der Waals surface area contributed by atoms with E-state index in [9.17, 15) is 14.8 Å². The third kappa shape index (κ3) is 2.85. The van der Waals surface area contributed by atoms with Gasteiger partial charge in [0.1, 0.15) is 5.75 Å². The third-order valence-corrected chi connectivity index (χ3v) is 3.49. The van der Waals surface area contributed by atoms with Crippen molar-refractivity contribution >= 4 is 16.5 Å². The Kier molecular flexibility index (Phi) is 3.65. The van der Waals surface area contributed by atoms with Crippen LogP contribution in [0.5, 0.6) is 5.75 Å². The number of nitroso groups, excluding NO2 is 1. The van der Waals surface area contributed by atoms with Gasteiger partial charge in [-0.2, -0.15) is 5.10 Å². The number of benzene rings is 2. The van der Waals surface area contributed by atoms with E-state index in [1.54, 1.807) is 12.1 Å². The Morgan fingerprint density at radius 1 is 1.05 bits per heavy atom. The first-order chi connectivity index (χ1) is 10.7. The summed E-state index contributed by atoms with van der Waals surface area (Å²) in [6.07, 6.45) is 1.30. The number of H-pyrrole nitrogens is 1. The molecule has 1 heterocycles. The number of rotatable bonds is 4. The van der Waals surface area contributed by atoms with E-state index in [-0.39, 0.29) is 11.4 Å². The van der Waals surface area contributed by atoms with Crippen LogP contribution in [0.2, 0.25) is 0 Å². The lowest BCUT2D eigenvalue weighted by Gasteiger charge is -2.04. The molecule has 0 radical (unpaired) electrons. The van der Waals surface area contributed by atoms with Crippen LogP contribution < -0.4 is 5.56 Å². The van der Waals surface area contributed by atoms with Crippen molar-refractivity contribution < 1.29 is 5.11 Å². The van der Waals surface area contributed by atoms with Gasteiger partial charge in [-0.15, -0.1) is 4.91 Å². The van der Waals surface area contributed by atoms with Crippen LogP contribution in [0.4, 0.5) is 5.69 Å². The SMILES string of the molecule is O=Nc1cc(CCc2ccc3cc(O)ccc3c2)n[nH]c1=O. The highest BCUT2D eigenvalue weighted by Crippen LogP contribution is 2.21. The molecule has 6 nitrogen and oxygen atoms in total. The highest BCUT2D eigenvalue weighted by Gasteiger charge is 2.04. The van der Waals surface area contributed by atoms with Crippen LogP contribution >= 0.6 is 0 Å². The minimum atomic E-state index is -0.579. The van der Waals surface area contributed by atoms with Crippen LogP contribution in [-0.4, -0.2) is 15.3 Å². The van der Waals surface area contributed by atoms with Crippen molar-refractivity contribution in [3.8, 4) is 5.75 Å². The van der Waals surface area contributed by atoms with Gasteiger partial charge >= 0.3 is 0 Å². The average Bonchev–Trinajstić information content (AvgIpc) is 2.54. The van der Waals surface area contributed by atoms with Gasteiger partial charge in [0.2, 0.25) is 0 Å². The Labute approximate surface area is 125 Å². The normalized spacial score (nSPS) is 10.7. The monoisotopic (exact) mass is 295 g/mol. The van der Waals surface area contributed by atoms with E-state index in [2.05, 4.69) is 15.4 Å². The molecule has 3 aromatic rings. The van der Waals surface area contributed by atoms with Crippen LogP contribution in [0.25, 0.3) is 10.8 Å². The van der Waals surface area contributed by atoms with Crippen molar-refractivity contribution in [3.63, 3.8) is 0 Å². The van der Waals surface area contributed by atoms with Gasteiger partial charge in [-0.1, -0.05) is 24.3 Å². The number of hydrogen-bond acceptors (Lipinski definition) is 5. The van der Waals surface area contributed by atoms with Crippen LogP contribution in [0.15, 0.2) is 52.4 Å². The Bertz CT molecular complexity index is 903. The van der Waals surface area contributed by atoms with Crippen LogP contribution in [0.3, 0.4) is 0 Å². The van der Waals surface area contributed by atoms with E-state index in [1.807, 2.05) is 24.3 Å². The van der Waals surface area contributed by atoms with Crippen LogP contribution in [-0.2, 0) is 12.8 Å². The molecule has 0 unspecified atom stereocenters. The number of nitrogens with one attached hydrogen (secondary N) is 1. The Balaban J connectivity index is 1.80. The lowest BCUT2D eigenvalue weighted by atomic mass is 10.0. The van der Waals surface area contributed by atoms with E-state index in [1.165, 1.54) is 6.07 Å². The van der Waals surface area contributed by atoms with E-state index >= 15 is 0 Å². The number of nitrogens with zero attached hydrogens (tertiary/aromatic N) is 2. The maximum Gasteiger partial charge on any atom is 0.293 e. The van der Waals surface area contributed by atoms with Gasteiger partial charge in [-0.05, 0) is 52.6 Å². The van der Waals surface area contributed by atoms with Gasteiger partial charge < -0.3 is 5.11 Å². The number of aromatic amines is 1. The highest BCUT2D eigenvalue weighted by atomic mass is 16.3. The molecule has 1 aromatic heterocycles. The van der Waals surface area contributed by atoms with Crippen molar-refractivity contribution in [1.29, 1.82) is 0 Å². The molecule has 0 aliphatic rings. The van der Waals surface area contributed by atoms with Gasteiger partial charge in [0.15, 0.2) is 5.69 Å². The largest absolute Gasteiger partial charge is 0.508 e. The molecule has 0 aliphatic carbocycles. The zero-order chi connectivity index (χ0) is 15.5. The minimum absolute atomic E-state index is 0.154. The van der Waals surface area contributed by atoms with E-state index in [0.717, 1.165) is 16.3 Å². The molecule has 0 spiro atoms. The van der Waals surface area contributed by atoms with Crippen molar-refractivity contribution in [2.75, 3.05) is 0 Å². The fourth-order valence-corrected chi connectivity index (χ4v) is 2.34. The third-order valence-electron chi connectivity index (χ3n) is 3.49. The van der Waals surface area contributed by atoms with E-state index in [0.29, 0.717) is 18.5 Å². The standard InChI is InChI=1S/C16H13N3O3/c20-14-6-4-11-7-10(1-3-12(11)8-14)2-5-13-9-15(19-22)16(21)18-17-13/h1,3-4,6-9,20H,2,5H2,(H,18,21). The summed E-state index contributed by atoms with van der Waals surface area (Å²) in [5.41, 5.74) is 0.982. The molecule has 0 amide bonds. The molecule has 0 bridgehead atoms. The number of aromatic hydroxyl groups is 1. The maximum atomic E-state index is 11.2. The summed E-state index contributed by atoms with van der Waals surface area (Å²) in [4.78, 5) is 21.7. The Morgan fingerprint density at radius 3 is 2.64 bits per heavy atom. The Morgan fingerprint density at radius 2 is 1.82 bits per heavy atom. The first-order valence-electron chi connectivity index (χ1n) is 6.79. The zero-order valence-corrected chi connectivity index (χ0v) is 11.6. The quantitative estimate of drug-likeness (QED) is 0.723. The summed E-state index contributed by atoms with van der Waals surface area (Å²) in [7, 11) is 0. The number of fused-ring (bicyclic) bond motifs is 1. The second kappa shape index (κ2) is 5.77. The molecule has 2 N–H and O–H groups in total. The molecule has 0 fully saturated rings. The molecule has 6 heteroatoms. The van der Waals surface area contributed by atoms with Crippen molar-refractivity contribution in [1.82, 2.24) is 10.2 Å². The van der Waals surface area contributed by atoms with Gasteiger partial charge in [0.25, 0.3) is 5.56 Å². The van der Waals surface area contributed by atoms with Gasteiger partial charge in [-0.25, -0.2) is 5.10 Å². The molecular formula is C16H13N3O3. The number of aryl methyl sites for hydroxylation is 2. The molecule has 0 saturated carbocycles. The maximum absolute atomic E-state index is 11.2. The second-order valence-electron chi connectivity index (χ2n) is 5.03. The van der Waals surface area contributed by atoms with Crippen LogP contribution in [0, 0.1) is 4.91 Å². The summed E-state index contributed by atoms with van der Waals surface area (Å²) in [5, 5.41) is 20.3. The molecule has 110 valence electrons. The molecule has 2 aromatic carbocycles. The second-order valence-corrected chi connectivity index (χ2v) is 5.03. The summed E-state index contributed by atoms with van der Waals surface area (Å²) in [5.74, 6) is 0.242. The molecule has 3 rings (SSSR count). The van der Waals surface area contributed by atoms with E-state index < -0.39 is 5.56 Å². The average molecular weight is 295 g/mol. The predicted molar refractivity (Wildman–Crippen MR) is 83.3 cm³/mol. The first-order valence-corrected chi connectivity index (χ1v) is 6.79. The molecule has 22 heavy (non-hydrogen) atoms. The molecule has 0 atom stereocenters. The number of phenols is 1. The molecule has 0 aliphatic heterocycles. The predicted octanol–water partition coefficient (Wildman–Crippen LogP) is 2.81. The van der Waals surface area contributed by atoms with Crippen LogP contribution in [0.1, 0.15) is 11.3 Å². The van der Waals surface area contributed by atoms with Gasteiger partial charge in [-0.3, -0.25) is 4.79 Å². The fraction of sp³-hybridized carbons (Fsp3) is 0.125. The van der Waals surface area contributed by atoms with Gasteiger partial charge in [0.05, 0.1) is 5.69 Å². The highest BCUT2D eigenvalue weighted by molar-refractivity contribution is 5.84. The smallest absolute Gasteiger partial charge is 0.293 e. The fourth-order valence-electron chi connectivity index (χ4n) is 2.34. The Hall–Kier alpha value is -3.02. The van der Waals surface area contributed by atoms with Gasteiger partial charge in [0, 0.05) is 0 Å². The topological polar surface area (TPSA) is 95.4 Å². The number of hydrogen-bond donors (Lipinski definition) is 2. The van der Waals surface area contributed by atoms with Crippen molar-refractivity contribution in [2.45, 2.75) is 12.8 Å². The molecule has 0 saturated heterocycles. The number of aromatic nitrogens is 2.